The summed E-state index contributed by atoms with van der Waals surface area (Å²) in [5.74, 6) is -1.43. The van der Waals surface area contributed by atoms with Crippen LogP contribution in [0.1, 0.15) is 5.56 Å². The summed E-state index contributed by atoms with van der Waals surface area (Å²) in [5.41, 5.74) is 0.213. The van der Waals surface area contributed by atoms with E-state index in [9.17, 15) is 9.18 Å². The van der Waals surface area contributed by atoms with E-state index >= 15 is 0 Å². The maximum Gasteiger partial charge on any atom is 0.356 e. The molecule has 0 aliphatic carbocycles. The summed E-state index contributed by atoms with van der Waals surface area (Å²) >= 11 is 5.79. The van der Waals surface area contributed by atoms with Crippen LogP contribution in [0, 0.1) is 0 Å². The molecule has 1 aromatic rings. The van der Waals surface area contributed by atoms with Crippen molar-refractivity contribution in [2.75, 3.05) is 13.3 Å². The lowest BCUT2D eigenvalue weighted by Gasteiger charge is -1.97. The first-order valence-electron chi connectivity index (χ1n) is 5.03. The topological polar surface area (TPSA) is 58.9 Å². The normalized spacial score (nSPS) is 11.8. The molecule has 96 valence electrons. The van der Waals surface area contributed by atoms with E-state index in [1.165, 1.54) is 0 Å². The summed E-state index contributed by atoms with van der Waals surface area (Å²) in [6, 6.07) is 7.15. The lowest BCUT2D eigenvalue weighted by atomic mass is 10.2. The summed E-state index contributed by atoms with van der Waals surface area (Å²) in [6.45, 7) is -1.13. The molecule has 0 saturated heterocycles. The summed E-state index contributed by atoms with van der Waals surface area (Å²) < 4.78 is 12.1. The van der Waals surface area contributed by atoms with Crippen LogP contribution in [0.3, 0.4) is 0 Å². The first-order chi connectivity index (χ1) is 8.63. The van der Waals surface area contributed by atoms with E-state index in [0.29, 0.717) is 5.02 Å². The van der Waals surface area contributed by atoms with E-state index in [1.54, 1.807) is 30.4 Å². The maximum absolute atomic E-state index is 12.1. The van der Waals surface area contributed by atoms with Crippen molar-refractivity contribution in [3.05, 3.63) is 40.9 Å². The molecule has 0 amide bonds. The maximum atomic E-state index is 12.1. The molecule has 0 atom stereocenters. The smallest absolute Gasteiger partial charge is 0.356 e. The minimum Gasteiger partial charge on any atom is -0.477 e. The van der Waals surface area contributed by atoms with Crippen molar-refractivity contribution in [2.45, 2.75) is 0 Å². The Morgan fingerprint density at radius 2 is 2.33 bits per heavy atom. The van der Waals surface area contributed by atoms with Crippen molar-refractivity contribution in [2.24, 2.45) is 5.16 Å². The van der Waals surface area contributed by atoms with Crippen molar-refractivity contribution >= 4 is 29.4 Å². The van der Waals surface area contributed by atoms with Crippen molar-refractivity contribution in [1.82, 2.24) is 0 Å². The van der Waals surface area contributed by atoms with Gasteiger partial charge in [0.2, 0.25) is 0 Å². The fourth-order valence-corrected chi connectivity index (χ4v) is 1.27. The van der Waals surface area contributed by atoms with Crippen molar-refractivity contribution in [1.29, 1.82) is 0 Å². The molecule has 0 fully saturated rings. The quantitative estimate of drug-likeness (QED) is 0.492. The van der Waals surface area contributed by atoms with Gasteiger partial charge in [0.15, 0.2) is 5.71 Å². The van der Waals surface area contributed by atoms with Crippen LogP contribution in [0.2, 0.25) is 5.02 Å². The Bertz CT molecular complexity index is 474. The third-order valence-corrected chi connectivity index (χ3v) is 2.11. The van der Waals surface area contributed by atoms with Crippen LogP contribution in [0.15, 0.2) is 35.5 Å². The van der Waals surface area contributed by atoms with E-state index in [2.05, 4.69) is 9.99 Å². The van der Waals surface area contributed by atoms with Crippen LogP contribution in [0.5, 0.6) is 0 Å². The number of rotatable bonds is 6. The van der Waals surface area contributed by atoms with E-state index in [4.69, 9.17) is 16.7 Å². The molecule has 4 nitrogen and oxygen atoms in total. The van der Waals surface area contributed by atoms with Crippen molar-refractivity contribution < 1.29 is 19.1 Å². The van der Waals surface area contributed by atoms with Crippen molar-refractivity contribution in [3.8, 4) is 0 Å². The molecule has 1 N–H and O–H groups in total. The predicted molar refractivity (Wildman–Crippen MR) is 67.5 cm³/mol. The first kappa shape index (κ1) is 14.2. The largest absolute Gasteiger partial charge is 0.477 e. The van der Waals surface area contributed by atoms with Gasteiger partial charge in [-0.25, -0.2) is 9.18 Å². The summed E-state index contributed by atoms with van der Waals surface area (Å²) in [7, 11) is 0. The molecule has 0 bridgehead atoms. The van der Waals surface area contributed by atoms with Gasteiger partial charge in [-0.05, 0) is 23.8 Å². The highest BCUT2D eigenvalue weighted by Gasteiger charge is 2.08. The number of oxime groups is 1. The molecule has 18 heavy (non-hydrogen) atoms. The second-order valence-electron chi connectivity index (χ2n) is 3.23. The van der Waals surface area contributed by atoms with E-state index in [-0.39, 0.29) is 6.61 Å². The highest BCUT2D eigenvalue weighted by atomic mass is 35.5. The molecule has 1 rings (SSSR count). The standard InChI is InChI=1S/C12H11ClFNO3/c13-10-5-1-3-9(7-10)4-2-6-18-15-11(8-14)12(16)17/h1-5,7H,6,8H2,(H,16,17)/b4-2+,15-11?. The van der Waals surface area contributed by atoms with Gasteiger partial charge in [-0.1, -0.05) is 35.0 Å². The summed E-state index contributed by atoms with van der Waals surface area (Å²) in [5, 5.41) is 12.2. The highest BCUT2D eigenvalue weighted by Crippen LogP contribution is 2.11. The Kier molecular flexibility index (Phi) is 5.87. The number of hydrogen-bond donors (Lipinski definition) is 1. The van der Waals surface area contributed by atoms with Gasteiger partial charge in [-0.15, -0.1) is 0 Å². The van der Waals surface area contributed by atoms with E-state index in [0.717, 1.165) is 5.56 Å². The fraction of sp³-hybridized carbons (Fsp3) is 0.167. The number of nitrogens with zero attached hydrogens (tertiary/aromatic N) is 1. The Balaban J connectivity index is 2.44. The van der Waals surface area contributed by atoms with Crippen molar-refractivity contribution in [3.63, 3.8) is 0 Å². The molecule has 0 aliphatic rings. The number of carboxylic acid groups (broad SMARTS) is 1. The second kappa shape index (κ2) is 7.45. The molecular weight excluding hydrogens is 261 g/mol. The number of carbonyl (C=O) groups is 1. The van der Waals surface area contributed by atoms with Crippen LogP contribution < -0.4 is 0 Å². The number of hydrogen-bond acceptors (Lipinski definition) is 3. The van der Waals surface area contributed by atoms with Gasteiger partial charge in [-0.3, -0.25) is 0 Å². The zero-order chi connectivity index (χ0) is 13.4. The molecule has 6 heteroatoms. The molecule has 0 heterocycles. The predicted octanol–water partition coefficient (Wildman–Crippen LogP) is 2.78. The zero-order valence-electron chi connectivity index (χ0n) is 9.35. The van der Waals surface area contributed by atoms with Gasteiger partial charge in [-0.2, -0.15) is 0 Å². The average molecular weight is 272 g/mol. The Hall–Kier alpha value is -1.88. The first-order valence-corrected chi connectivity index (χ1v) is 5.41. The third-order valence-electron chi connectivity index (χ3n) is 1.88. The number of halogens is 2. The van der Waals surface area contributed by atoms with Crippen LogP contribution >= 0.6 is 11.6 Å². The molecule has 0 saturated carbocycles. The minimum atomic E-state index is -1.43. The minimum absolute atomic E-state index is 0.0449. The van der Waals surface area contributed by atoms with Gasteiger partial charge in [0.25, 0.3) is 0 Å². The summed E-state index contributed by atoms with van der Waals surface area (Å²) in [4.78, 5) is 15.0. The molecule has 0 spiro atoms. The van der Waals surface area contributed by atoms with Gasteiger partial charge >= 0.3 is 5.97 Å². The average Bonchev–Trinajstić information content (AvgIpc) is 2.33. The van der Waals surface area contributed by atoms with Gasteiger partial charge in [0, 0.05) is 5.02 Å². The fourth-order valence-electron chi connectivity index (χ4n) is 1.07. The highest BCUT2D eigenvalue weighted by molar-refractivity contribution is 6.36. The number of benzene rings is 1. The van der Waals surface area contributed by atoms with E-state index < -0.39 is 18.4 Å². The molecule has 0 radical (unpaired) electrons. The monoisotopic (exact) mass is 271 g/mol. The van der Waals surface area contributed by atoms with Gasteiger partial charge in [0.1, 0.15) is 13.3 Å². The number of carboxylic acids is 1. The molecule has 0 aliphatic heterocycles. The Morgan fingerprint density at radius 1 is 1.56 bits per heavy atom. The van der Waals surface area contributed by atoms with Gasteiger partial charge < -0.3 is 9.94 Å². The molecule has 0 unspecified atom stereocenters. The zero-order valence-corrected chi connectivity index (χ0v) is 10.1. The van der Waals surface area contributed by atoms with Crippen LogP contribution in [0.4, 0.5) is 4.39 Å². The second-order valence-corrected chi connectivity index (χ2v) is 3.67. The Labute approximate surface area is 108 Å². The SMILES string of the molecule is O=C(O)C(CF)=NOC/C=C/c1cccc(Cl)c1. The Morgan fingerprint density at radius 3 is 2.94 bits per heavy atom. The van der Waals surface area contributed by atoms with Crippen LogP contribution in [0.25, 0.3) is 6.08 Å². The van der Waals surface area contributed by atoms with E-state index in [1.807, 2.05) is 6.07 Å². The molecule has 0 aromatic heterocycles. The molecule has 1 aromatic carbocycles. The molecular formula is C12H11ClFNO3. The summed E-state index contributed by atoms with van der Waals surface area (Å²) in [6.07, 6.45) is 3.35. The van der Waals surface area contributed by atoms with Crippen LogP contribution in [-0.2, 0) is 9.63 Å². The van der Waals surface area contributed by atoms with Gasteiger partial charge in [0.05, 0.1) is 0 Å². The lowest BCUT2D eigenvalue weighted by molar-refractivity contribution is -0.129. The lowest BCUT2D eigenvalue weighted by Crippen LogP contribution is -2.15. The number of alkyl halides is 1. The van der Waals surface area contributed by atoms with Crippen LogP contribution in [-0.4, -0.2) is 30.1 Å². The third kappa shape index (κ3) is 4.97. The number of aliphatic carboxylic acids is 1.